The van der Waals surface area contributed by atoms with Crippen LogP contribution < -0.4 is 20.1 Å². The lowest BCUT2D eigenvalue weighted by molar-refractivity contribution is 0.408. The molecule has 2 saturated carbocycles. The molecular weight excluding hydrogens is 538 g/mol. The molecule has 3 aliphatic carbocycles. The molecule has 0 saturated heterocycles. The van der Waals surface area contributed by atoms with Gasteiger partial charge in [0.2, 0.25) is 0 Å². The lowest BCUT2D eigenvalue weighted by atomic mass is 9.99. The highest BCUT2D eigenvalue weighted by atomic mass is 31.1. The Labute approximate surface area is 252 Å². The molecule has 4 heteroatoms. The van der Waals surface area contributed by atoms with Crippen LogP contribution in [0.25, 0.3) is 0 Å². The van der Waals surface area contributed by atoms with Crippen LogP contribution in [0.5, 0.6) is 11.5 Å². The van der Waals surface area contributed by atoms with Gasteiger partial charge in [-0.3, -0.25) is 0 Å². The van der Waals surface area contributed by atoms with Crippen LogP contribution in [0.1, 0.15) is 99.8 Å². The van der Waals surface area contributed by atoms with Crippen molar-refractivity contribution in [3.8, 4) is 11.5 Å². The predicted molar refractivity (Wildman–Crippen MR) is 182 cm³/mol. The van der Waals surface area contributed by atoms with Gasteiger partial charge in [-0.2, -0.15) is 0 Å². The van der Waals surface area contributed by atoms with Gasteiger partial charge in [-0.1, -0.05) is 71.1 Å². The molecule has 0 bridgehead atoms. The molecule has 5 rings (SSSR count). The first-order chi connectivity index (χ1) is 19.8. The van der Waals surface area contributed by atoms with Crippen LogP contribution in [-0.2, 0) is 0 Å². The van der Waals surface area contributed by atoms with Crippen molar-refractivity contribution < 1.29 is 9.47 Å². The van der Waals surface area contributed by atoms with Crippen LogP contribution in [0.2, 0.25) is 0 Å². The summed E-state index contributed by atoms with van der Waals surface area (Å²) in [7, 11) is 2.88. The molecule has 2 nitrogen and oxygen atoms in total. The van der Waals surface area contributed by atoms with Crippen molar-refractivity contribution in [2.45, 2.75) is 122 Å². The lowest BCUT2D eigenvalue weighted by Crippen LogP contribution is -2.27. The topological polar surface area (TPSA) is 18.5 Å². The van der Waals surface area contributed by atoms with E-state index in [0.717, 1.165) is 29.2 Å². The number of aryl methyl sites for hydroxylation is 4. The Balaban J connectivity index is 1.64. The summed E-state index contributed by atoms with van der Waals surface area (Å²) >= 11 is 0. The Bertz CT molecular complexity index is 1160. The third-order valence-corrected chi connectivity index (χ3v) is 16.3. The standard InChI is InChI=1S/C37H52O2P2/c1-25-21-32(22-26(2)36(25)38-6)41(33-23-27(3)37(39-7)28(4)24-33)35-20-14-19-34(35)29(5)40(30-15-10-8-11-16-30)31-17-12-9-13-18-31/h14,20-24,29-31H,8-13,15-19H2,1-7H3/t29-/m0/s1. The Hall–Kier alpha value is -1.62. The molecule has 1 atom stereocenters. The molecule has 0 unspecified atom stereocenters. The third kappa shape index (κ3) is 6.50. The second kappa shape index (κ2) is 13.8. The maximum absolute atomic E-state index is 5.80. The first-order valence-electron chi connectivity index (χ1n) is 16.1. The SMILES string of the molecule is COc1c(C)cc(P(C2=C([C@H](C)P(C3CCCCC3)C3CCCCC3)CC=C2)c2cc(C)c(OC)c(C)c2)cc1C. The van der Waals surface area contributed by atoms with Crippen molar-refractivity contribution in [1.82, 2.24) is 0 Å². The van der Waals surface area contributed by atoms with E-state index in [1.807, 2.05) is 0 Å². The molecule has 0 radical (unpaired) electrons. The van der Waals surface area contributed by atoms with Gasteiger partial charge < -0.3 is 9.47 Å². The van der Waals surface area contributed by atoms with E-state index < -0.39 is 7.92 Å². The molecule has 0 spiro atoms. The zero-order valence-corrected chi connectivity index (χ0v) is 28.5. The van der Waals surface area contributed by atoms with E-state index in [0.29, 0.717) is 5.66 Å². The fraction of sp³-hybridized carbons (Fsp3) is 0.568. The number of rotatable bonds is 9. The predicted octanol–water partition coefficient (Wildman–Crippen LogP) is 10.1. The minimum atomic E-state index is -0.691. The fourth-order valence-corrected chi connectivity index (χ4v) is 15.6. The smallest absolute Gasteiger partial charge is 0.124 e. The molecular formula is C37H52O2P2. The van der Waals surface area contributed by atoms with E-state index in [2.05, 4.69) is 71.0 Å². The van der Waals surface area contributed by atoms with Crippen molar-refractivity contribution in [3.05, 3.63) is 69.6 Å². The second-order valence-electron chi connectivity index (χ2n) is 12.8. The summed E-state index contributed by atoms with van der Waals surface area (Å²) in [6.45, 7) is 11.5. The normalized spacial score (nSPS) is 19.4. The summed E-state index contributed by atoms with van der Waals surface area (Å²) in [6, 6.07) is 9.66. The Morgan fingerprint density at radius 3 is 1.46 bits per heavy atom. The van der Waals surface area contributed by atoms with Crippen LogP contribution in [0.3, 0.4) is 0 Å². The Kier molecular flexibility index (Phi) is 10.4. The molecule has 0 heterocycles. The average Bonchev–Trinajstić information content (AvgIpc) is 3.44. The van der Waals surface area contributed by atoms with Gasteiger partial charge in [0.1, 0.15) is 11.5 Å². The maximum Gasteiger partial charge on any atom is 0.124 e. The number of benzene rings is 2. The van der Waals surface area contributed by atoms with Crippen molar-refractivity contribution in [3.63, 3.8) is 0 Å². The van der Waals surface area contributed by atoms with E-state index in [-0.39, 0.29) is 7.92 Å². The summed E-state index contributed by atoms with van der Waals surface area (Å²) < 4.78 is 11.6. The Morgan fingerprint density at radius 1 is 0.659 bits per heavy atom. The van der Waals surface area contributed by atoms with Crippen molar-refractivity contribution in [2.75, 3.05) is 14.2 Å². The van der Waals surface area contributed by atoms with Crippen LogP contribution >= 0.6 is 15.8 Å². The highest BCUT2D eigenvalue weighted by molar-refractivity contribution is 7.77. The van der Waals surface area contributed by atoms with Gasteiger partial charge in [-0.25, -0.2) is 0 Å². The summed E-state index contributed by atoms with van der Waals surface area (Å²) in [6.07, 6.45) is 20.8. The van der Waals surface area contributed by atoms with Crippen molar-refractivity contribution >= 4 is 26.5 Å². The molecule has 2 aromatic rings. The fourth-order valence-electron chi connectivity index (χ4n) is 8.16. The zero-order valence-electron chi connectivity index (χ0n) is 26.7. The quantitative estimate of drug-likeness (QED) is 0.271. The summed E-state index contributed by atoms with van der Waals surface area (Å²) in [5, 5.41) is 4.52. The highest BCUT2D eigenvalue weighted by Crippen LogP contribution is 2.63. The largest absolute Gasteiger partial charge is 0.496 e. The van der Waals surface area contributed by atoms with Gasteiger partial charge in [-0.05, 0) is 147 Å². The molecule has 0 N–H and O–H groups in total. The van der Waals surface area contributed by atoms with Crippen LogP contribution in [-0.4, -0.2) is 31.2 Å². The van der Waals surface area contributed by atoms with Gasteiger partial charge in [0.05, 0.1) is 14.2 Å². The summed E-state index contributed by atoms with van der Waals surface area (Å²) in [5.41, 5.74) is 9.34. The van der Waals surface area contributed by atoms with Gasteiger partial charge in [0.15, 0.2) is 0 Å². The minimum Gasteiger partial charge on any atom is -0.496 e. The van der Waals surface area contributed by atoms with Gasteiger partial charge in [0.25, 0.3) is 0 Å². The molecule has 0 aromatic heterocycles. The van der Waals surface area contributed by atoms with Crippen LogP contribution in [0, 0.1) is 27.7 Å². The second-order valence-corrected chi connectivity index (χ2v) is 18.1. The molecule has 41 heavy (non-hydrogen) atoms. The first kappa shape index (κ1) is 30.8. The van der Waals surface area contributed by atoms with Crippen LogP contribution in [0.4, 0.5) is 0 Å². The van der Waals surface area contributed by atoms with E-state index in [1.165, 1.54) is 97.1 Å². The van der Waals surface area contributed by atoms with E-state index in [9.17, 15) is 0 Å². The lowest BCUT2D eigenvalue weighted by Gasteiger charge is -2.43. The van der Waals surface area contributed by atoms with Crippen LogP contribution in [0.15, 0.2) is 47.3 Å². The first-order valence-corrected chi connectivity index (χ1v) is 19.0. The Morgan fingerprint density at radius 2 is 1.07 bits per heavy atom. The van der Waals surface area contributed by atoms with E-state index in [1.54, 1.807) is 25.1 Å². The van der Waals surface area contributed by atoms with Gasteiger partial charge in [0, 0.05) is 0 Å². The van der Waals surface area contributed by atoms with E-state index >= 15 is 0 Å². The number of hydrogen-bond donors (Lipinski definition) is 0. The molecule has 0 aliphatic heterocycles. The monoisotopic (exact) mass is 590 g/mol. The van der Waals surface area contributed by atoms with Gasteiger partial charge >= 0.3 is 0 Å². The zero-order chi connectivity index (χ0) is 29.1. The summed E-state index contributed by atoms with van der Waals surface area (Å²) in [4.78, 5) is 0. The third-order valence-electron chi connectivity index (χ3n) is 9.94. The van der Waals surface area contributed by atoms with Gasteiger partial charge in [-0.15, -0.1) is 0 Å². The molecule has 222 valence electrons. The number of ether oxygens (including phenoxy) is 2. The number of hydrogen-bond acceptors (Lipinski definition) is 2. The minimum absolute atomic E-state index is 0.0264. The molecule has 2 aromatic carbocycles. The molecule has 3 aliphatic rings. The van der Waals surface area contributed by atoms with Crippen molar-refractivity contribution in [2.24, 2.45) is 0 Å². The average molecular weight is 591 g/mol. The number of methoxy groups -OCH3 is 2. The maximum atomic E-state index is 5.80. The van der Waals surface area contributed by atoms with E-state index in [4.69, 9.17) is 9.47 Å². The van der Waals surface area contributed by atoms with Crippen molar-refractivity contribution in [1.29, 1.82) is 0 Å². The molecule has 2 fully saturated rings. The molecule has 0 amide bonds. The highest BCUT2D eigenvalue weighted by Gasteiger charge is 2.38. The summed E-state index contributed by atoms with van der Waals surface area (Å²) in [5.74, 6) is 2.04. The number of allylic oxidation sites excluding steroid dienone is 4.